The van der Waals surface area contributed by atoms with Crippen LogP contribution < -0.4 is 11.1 Å². The van der Waals surface area contributed by atoms with Crippen molar-refractivity contribution in [3.63, 3.8) is 0 Å². The Morgan fingerprint density at radius 2 is 2.00 bits per heavy atom. The molecule has 98 valence electrons. The molecule has 1 atom stereocenters. The Labute approximate surface area is 104 Å². The monoisotopic (exact) mass is 254 g/mol. The van der Waals surface area contributed by atoms with Crippen LogP contribution in [0.2, 0.25) is 0 Å². The van der Waals surface area contributed by atoms with E-state index in [9.17, 15) is 13.6 Å². The van der Waals surface area contributed by atoms with E-state index in [-0.39, 0.29) is 11.6 Å². The summed E-state index contributed by atoms with van der Waals surface area (Å²) >= 11 is 0. The molecule has 1 amide bonds. The molecule has 0 saturated heterocycles. The molecule has 2 rings (SSSR count). The van der Waals surface area contributed by atoms with Crippen molar-refractivity contribution in [2.24, 2.45) is 5.73 Å². The highest BCUT2D eigenvalue weighted by Gasteiger charge is 2.26. The average molecular weight is 254 g/mol. The lowest BCUT2D eigenvalue weighted by atomic mass is 10.0. The fourth-order valence-electron chi connectivity index (χ4n) is 2.39. The number of amides is 1. The van der Waals surface area contributed by atoms with Gasteiger partial charge in [0.25, 0.3) is 0 Å². The third-order valence-corrected chi connectivity index (χ3v) is 3.32. The summed E-state index contributed by atoms with van der Waals surface area (Å²) in [5.74, 6) is -2.06. The maximum atomic E-state index is 13.6. The molecule has 18 heavy (non-hydrogen) atoms. The topological polar surface area (TPSA) is 55.1 Å². The van der Waals surface area contributed by atoms with Gasteiger partial charge in [-0.15, -0.1) is 0 Å². The minimum atomic E-state index is -0.895. The van der Waals surface area contributed by atoms with Crippen LogP contribution in [-0.2, 0) is 4.79 Å². The highest BCUT2D eigenvalue weighted by molar-refractivity contribution is 5.81. The SMILES string of the molecule is NC(=O)C(NC1CCCC1)c1ccc(F)cc1F. The lowest BCUT2D eigenvalue weighted by Crippen LogP contribution is -2.39. The molecule has 1 unspecified atom stereocenters. The number of carbonyl (C=O) groups excluding carboxylic acids is 1. The maximum absolute atomic E-state index is 13.6. The van der Waals surface area contributed by atoms with Gasteiger partial charge >= 0.3 is 0 Å². The van der Waals surface area contributed by atoms with Gasteiger partial charge < -0.3 is 5.73 Å². The van der Waals surface area contributed by atoms with Crippen LogP contribution in [-0.4, -0.2) is 11.9 Å². The molecule has 1 aliphatic carbocycles. The summed E-state index contributed by atoms with van der Waals surface area (Å²) in [5.41, 5.74) is 5.40. The fourth-order valence-corrected chi connectivity index (χ4v) is 2.39. The van der Waals surface area contributed by atoms with Crippen molar-refractivity contribution in [1.29, 1.82) is 0 Å². The predicted molar refractivity (Wildman–Crippen MR) is 63.7 cm³/mol. The Bertz CT molecular complexity index is 445. The minimum absolute atomic E-state index is 0.107. The van der Waals surface area contributed by atoms with Crippen molar-refractivity contribution in [3.05, 3.63) is 35.4 Å². The van der Waals surface area contributed by atoms with Gasteiger partial charge in [0.1, 0.15) is 17.7 Å². The molecule has 0 aromatic heterocycles. The Morgan fingerprint density at radius 1 is 1.33 bits per heavy atom. The Kier molecular flexibility index (Phi) is 3.91. The molecule has 1 fully saturated rings. The van der Waals surface area contributed by atoms with E-state index in [0.717, 1.165) is 37.8 Å². The molecule has 0 bridgehead atoms. The number of nitrogens with two attached hydrogens (primary N) is 1. The quantitative estimate of drug-likeness (QED) is 0.863. The number of nitrogens with one attached hydrogen (secondary N) is 1. The van der Waals surface area contributed by atoms with Gasteiger partial charge in [-0.1, -0.05) is 18.9 Å². The number of benzene rings is 1. The van der Waals surface area contributed by atoms with Crippen molar-refractivity contribution >= 4 is 5.91 Å². The molecular weight excluding hydrogens is 238 g/mol. The van der Waals surface area contributed by atoms with Crippen LogP contribution in [0.15, 0.2) is 18.2 Å². The summed E-state index contributed by atoms with van der Waals surface area (Å²) in [7, 11) is 0. The standard InChI is InChI=1S/C13H16F2N2O/c14-8-5-6-10(11(15)7-8)12(13(16)18)17-9-3-1-2-4-9/h5-7,9,12,17H,1-4H2,(H2,16,18). The van der Waals surface area contributed by atoms with Crippen molar-refractivity contribution in [2.75, 3.05) is 0 Å². The molecule has 3 N–H and O–H groups in total. The molecule has 1 aromatic carbocycles. The molecule has 0 aliphatic heterocycles. The number of carbonyl (C=O) groups is 1. The summed E-state index contributed by atoms with van der Waals surface area (Å²) in [4.78, 5) is 11.4. The van der Waals surface area contributed by atoms with Gasteiger partial charge in [0.15, 0.2) is 0 Å². The van der Waals surface area contributed by atoms with Crippen molar-refractivity contribution < 1.29 is 13.6 Å². The van der Waals surface area contributed by atoms with Crippen LogP contribution in [0.25, 0.3) is 0 Å². The minimum Gasteiger partial charge on any atom is -0.368 e. The van der Waals surface area contributed by atoms with Crippen LogP contribution in [0.1, 0.15) is 37.3 Å². The molecule has 1 aromatic rings. The molecular formula is C13H16F2N2O. The maximum Gasteiger partial charge on any atom is 0.239 e. The van der Waals surface area contributed by atoms with Crippen LogP contribution in [0.5, 0.6) is 0 Å². The third kappa shape index (κ3) is 2.85. The summed E-state index contributed by atoms with van der Waals surface area (Å²) in [6, 6.07) is 2.44. The second-order valence-corrected chi connectivity index (χ2v) is 4.65. The second kappa shape index (κ2) is 5.44. The van der Waals surface area contributed by atoms with Crippen LogP contribution in [0, 0.1) is 11.6 Å². The zero-order valence-electron chi connectivity index (χ0n) is 9.96. The van der Waals surface area contributed by atoms with Crippen molar-refractivity contribution in [2.45, 2.75) is 37.8 Å². The largest absolute Gasteiger partial charge is 0.368 e. The summed E-state index contributed by atoms with van der Waals surface area (Å²) in [5, 5.41) is 3.05. The van der Waals surface area contributed by atoms with Crippen LogP contribution >= 0.6 is 0 Å². The van der Waals surface area contributed by atoms with Gasteiger partial charge in [-0.05, 0) is 18.9 Å². The summed E-state index contributed by atoms with van der Waals surface area (Å²) in [6.07, 6.45) is 4.09. The van der Waals surface area contributed by atoms with E-state index in [4.69, 9.17) is 5.73 Å². The third-order valence-electron chi connectivity index (χ3n) is 3.32. The van der Waals surface area contributed by atoms with Crippen LogP contribution in [0.4, 0.5) is 8.78 Å². The molecule has 0 heterocycles. The predicted octanol–water partition coefficient (Wildman–Crippen LogP) is 2.02. The summed E-state index contributed by atoms with van der Waals surface area (Å²) < 4.78 is 26.5. The molecule has 0 spiro atoms. The van der Waals surface area contributed by atoms with E-state index in [1.165, 1.54) is 6.07 Å². The Hall–Kier alpha value is -1.49. The normalized spacial score (nSPS) is 17.9. The number of hydrogen-bond acceptors (Lipinski definition) is 2. The van der Waals surface area contributed by atoms with Gasteiger partial charge in [0.2, 0.25) is 5.91 Å². The van der Waals surface area contributed by atoms with Crippen LogP contribution in [0.3, 0.4) is 0 Å². The van der Waals surface area contributed by atoms with E-state index in [2.05, 4.69) is 5.32 Å². The highest BCUT2D eigenvalue weighted by Crippen LogP contribution is 2.24. The van der Waals surface area contributed by atoms with E-state index in [0.29, 0.717) is 0 Å². The molecule has 1 saturated carbocycles. The van der Waals surface area contributed by atoms with E-state index in [1.807, 2.05) is 0 Å². The van der Waals surface area contributed by atoms with E-state index >= 15 is 0 Å². The molecule has 1 aliphatic rings. The first-order chi connectivity index (χ1) is 8.58. The van der Waals surface area contributed by atoms with Crippen molar-refractivity contribution in [1.82, 2.24) is 5.32 Å². The number of halogens is 2. The van der Waals surface area contributed by atoms with Gasteiger partial charge in [0.05, 0.1) is 0 Å². The van der Waals surface area contributed by atoms with Gasteiger partial charge in [-0.25, -0.2) is 8.78 Å². The van der Waals surface area contributed by atoms with Gasteiger partial charge in [-0.3, -0.25) is 10.1 Å². The molecule has 5 heteroatoms. The smallest absolute Gasteiger partial charge is 0.239 e. The van der Waals surface area contributed by atoms with E-state index in [1.54, 1.807) is 0 Å². The first-order valence-corrected chi connectivity index (χ1v) is 6.08. The first kappa shape index (κ1) is 13.0. The lowest BCUT2D eigenvalue weighted by Gasteiger charge is -2.21. The number of primary amides is 1. The Morgan fingerprint density at radius 3 is 2.56 bits per heavy atom. The molecule has 3 nitrogen and oxygen atoms in total. The fraction of sp³-hybridized carbons (Fsp3) is 0.462. The molecule has 0 radical (unpaired) electrons. The highest BCUT2D eigenvalue weighted by atomic mass is 19.1. The average Bonchev–Trinajstić information content (AvgIpc) is 2.79. The van der Waals surface area contributed by atoms with Crippen molar-refractivity contribution in [3.8, 4) is 0 Å². The van der Waals surface area contributed by atoms with Gasteiger partial charge in [-0.2, -0.15) is 0 Å². The first-order valence-electron chi connectivity index (χ1n) is 6.08. The lowest BCUT2D eigenvalue weighted by molar-refractivity contribution is -0.120. The van der Waals surface area contributed by atoms with Gasteiger partial charge in [0, 0.05) is 17.7 Å². The number of hydrogen-bond donors (Lipinski definition) is 2. The second-order valence-electron chi connectivity index (χ2n) is 4.65. The Balaban J connectivity index is 2.20. The van der Waals surface area contributed by atoms with E-state index < -0.39 is 23.6 Å². The zero-order chi connectivity index (χ0) is 13.1. The number of rotatable bonds is 4. The zero-order valence-corrected chi connectivity index (χ0v) is 9.96. The summed E-state index contributed by atoms with van der Waals surface area (Å²) in [6.45, 7) is 0.